The molecule has 1 aliphatic heterocycles. The molecule has 0 saturated carbocycles. The molecule has 2 aromatic carbocycles. The number of hydrogen-bond donors (Lipinski definition) is 3. The van der Waals surface area contributed by atoms with Gasteiger partial charge in [-0.25, -0.2) is 4.79 Å². The van der Waals surface area contributed by atoms with E-state index in [0.29, 0.717) is 25.2 Å². The van der Waals surface area contributed by atoms with Gasteiger partial charge in [0.05, 0.1) is 0 Å². The summed E-state index contributed by atoms with van der Waals surface area (Å²) >= 11 is 0. The summed E-state index contributed by atoms with van der Waals surface area (Å²) in [5.41, 5.74) is 8.31. The number of nitrogens with two attached hydrogens (primary N) is 1. The first kappa shape index (κ1) is 19.8. The van der Waals surface area contributed by atoms with Gasteiger partial charge in [-0.05, 0) is 30.2 Å². The van der Waals surface area contributed by atoms with Crippen LogP contribution in [0.1, 0.15) is 28.4 Å². The van der Waals surface area contributed by atoms with E-state index in [1.54, 1.807) is 23.1 Å². The number of hydrogen-bond acceptors (Lipinski definition) is 3. The molecule has 0 bridgehead atoms. The first-order valence-electron chi connectivity index (χ1n) is 8.39. The van der Waals surface area contributed by atoms with Crippen molar-refractivity contribution >= 4 is 30.0 Å². The zero-order chi connectivity index (χ0) is 17.6. The molecule has 1 aliphatic rings. The fraction of sp³-hybridized carbons (Fsp3) is 0.263. The molecule has 1 saturated heterocycles. The van der Waals surface area contributed by atoms with Gasteiger partial charge in [0.2, 0.25) is 0 Å². The molecule has 1 atom stereocenters. The normalized spacial score (nSPS) is 14.8. The molecule has 3 amide bonds. The number of urea groups is 1. The van der Waals surface area contributed by atoms with Crippen molar-refractivity contribution in [2.24, 2.45) is 5.73 Å². The fourth-order valence-electron chi connectivity index (χ4n) is 2.81. The molecule has 0 aromatic heterocycles. The summed E-state index contributed by atoms with van der Waals surface area (Å²) in [5, 5.41) is 5.66. The second-order valence-electron chi connectivity index (χ2n) is 6.01. The summed E-state index contributed by atoms with van der Waals surface area (Å²) in [7, 11) is 0. The number of benzene rings is 2. The molecule has 1 fully saturated rings. The summed E-state index contributed by atoms with van der Waals surface area (Å²) in [6.07, 6.45) is 0.883. The highest BCUT2D eigenvalue weighted by Gasteiger charge is 2.20. The van der Waals surface area contributed by atoms with Crippen LogP contribution >= 0.6 is 12.4 Å². The lowest BCUT2D eigenvalue weighted by atomic mass is 10.1. The topological polar surface area (TPSA) is 87.5 Å². The third-order valence-corrected chi connectivity index (χ3v) is 4.21. The molecule has 3 rings (SSSR count). The highest BCUT2D eigenvalue weighted by atomic mass is 35.5. The van der Waals surface area contributed by atoms with Gasteiger partial charge in [0, 0.05) is 36.9 Å². The predicted molar refractivity (Wildman–Crippen MR) is 105 cm³/mol. The van der Waals surface area contributed by atoms with Gasteiger partial charge in [-0.1, -0.05) is 36.4 Å². The maximum atomic E-state index is 12.4. The number of nitrogens with zero attached hydrogens (tertiary/aromatic N) is 1. The minimum absolute atomic E-state index is 0. The van der Waals surface area contributed by atoms with E-state index in [0.717, 1.165) is 17.7 Å². The van der Waals surface area contributed by atoms with Gasteiger partial charge in [-0.3, -0.25) is 9.69 Å². The van der Waals surface area contributed by atoms with E-state index in [1.807, 2.05) is 36.4 Å². The third kappa shape index (κ3) is 4.74. The van der Waals surface area contributed by atoms with Crippen LogP contribution in [0.5, 0.6) is 0 Å². The van der Waals surface area contributed by atoms with Crippen LogP contribution in [0, 0.1) is 0 Å². The van der Waals surface area contributed by atoms with Crippen molar-refractivity contribution in [1.29, 1.82) is 0 Å². The van der Waals surface area contributed by atoms with Gasteiger partial charge >= 0.3 is 6.03 Å². The number of nitrogens with one attached hydrogen (secondary N) is 2. The number of rotatable bonds is 5. The van der Waals surface area contributed by atoms with Crippen LogP contribution in [0.25, 0.3) is 0 Å². The predicted octanol–water partition coefficient (Wildman–Crippen LogP) is 2.46. The lowest BCUT2D eigenvalue weighted by molar-refractivity contribution is 0.0951. The average Bonchev–Trinajstić information content (AvgIpc) is 2.67. The molecule has 0 spiro atoms. The Hall–Kier alpha value is -2.57. The van der Waals surface area contributed by atoms with Crippen LogP contribution in [0.3, 0.4) is 0 Å². The Morgan fingerprint density at radius 2 is 1.96 bits per heavy atom. The Labute approximate surface area is 159 Å². The molecular formula is C19H23ClN4O2. The minimum atomic E-state index is -0.263. The van der Waals surface area contributed by atoms with Crippen LogP contribution in [0.2, 0.25) is 0 Å². The zero-order valence-corrected chi connectivity index (χ0v) is 15.2. The quantitative estimate of drug-likeness (QED) is 0.751. The van der Waals surface area contributed by atoms with Crippen LogP contribution < -0.4 is 21.3 Å². The minimum Gasteiger partial charge on any atom is -0.350 e. The summed E-state index contributed by atoms with van der Waals surface area (Å²) in [5.74, 6) is -0.203. The van der Waals surface area contributed by atoms with Gasteiger partial charge in [-0.15, -0.1) is 12.4 Å². The van der Waals surface area contributed by atoms with E-state index in [1.165, 1.54) is 0 Å². The second-order valence-corrected chi connectivity index (χ2v) is 6.01. The number of halogens is 1. The zero-order valence-electron chi connectivity index (χ0n) is 14.4. The van der Waals surface area contributed by atoms with Crippen molar-refractivity contribution in [3.63, 3.8) is 0 Å². The number of anilines is 1. The van der Waals surface area contributed by atoms with E-state index in [4.69, 9.17) is 5.73 Å². The summed E-state index contributed by atoms with van der Waals surface area (Å²) < 4.78 is 0. The van der Waals surface area contributed by atoms with Crippen LogP contribution in [0.4, 0.5) is 10.5 Å². The largest absolute Gasteiger partial charge is 0.350 e. The molecule has 26 heavy (non-hydrogen) atoms. The van der Waals surface area contributed by atoms with Crippen molar-refractivity contribution in [2.75, 3.05) is 24.5 Å². The smallest absolute Gasteiger partial charge is 0.321 e. The van der Waals surface area contributed by atoms with E-state index in [-0.39, 0.29) is 30.4 Å². The number of carbonyl (C=O) groups excluding carboxylic acids is 2. The third-order valence-electron chi connectivity index (χ3n) is 4.21. The Kier molecular flexibility index (Phi) is 7.00. The highest BCUT2D eigenvalue weighted by molar-refractivity contribution is 5.97. The standard InChI is InChI=1S/C19H22N4O2.ClH/c20-17(14-6-2-1-3-7-14)13-22-18(24)15-8-4-9-16(12-15)23-11-5-10-21-19(23)25;/h1-4,6-9,12,17H,5,10-11,13,20H2,(H,21,25)(H,22,24);1H. The molecule has 7 heteroatoms. The maximum Gasteiger partial charge on any atom is 0.321 e. The maximum absolute atomic E-state index is 12.4. The van der Waals surface area contributed by atoms with Crippen LogP contribution in [0.15, 0.2) is 54.6 Å². The van der Waals surface area contributed by atoms with Gasteiger partial charge in [0.25, 0.3) is 5.91 Å². The lowest BCUT2D eigenvalue weighted by Gasteiger charge is -2.27. The summed E-state index contributed by atoms with van der Waals surface area (Å²) in [6.45, 7) is 1.68. The Balaban J connectivity index is 0.00000243. The highest BCUT2D eigenvalue weighted by Crippen LogP contribution is 2.18. The number of carbonyl (C=O) groups is 2. The van der Waals surface area contributed by atoms with Gasteiger partial charge in [0.1, 0.15) is 0 Å². The number of amides is 3. The van der Waals surface area contributed by atoms with Crippen molar-refractivity contribution in [3.8, 4) is 0 Å². The van der Waals surface area contributed by atoms with Crippen molar-refractivity contribution in [1.82, 2.24) is 10.6 Å². The molecule has 0 aliphatic carbocycles. The molecule has 138 valence electrons. The van der Waals surface area contributed by atoms with Gasteiger partial charge < -0.3 is 16.4 Å². The van der Waals surface area contributed by atoms with Crippen molar-refractivity contribution < 1.29 is 9.59 Å². The molecule has 1 unspecified atom stereocenters. The van der Waals surface area contributed by atoms with Crippen LogP contribution in [-0.4, -0.2) is 31.6 Å². The monoisotopic (exact) mass is 374 g/mol. The van der Waals surface area contributed by atoms with Crippen molar-refractivity contribution in [2.45, 2.75) is 12.5 Å². The molecule has 6 nitrogen and oxygen atoms in total. The van der Waals surface area contributed by atoms with E-state index in [9.17, 15) is 9.59 Å². The fourth-order valence-corrected chi connectivity index (χ4v) is 2.81. The Bertz CT molecular complexity index is 754. The Morgan fingerprint density at radius 3 is 2.69 bits per heavy atom. The van der Waals surface area contributed by atoms with E-state index in [2.05, 4.69) is 10.6 Å². The molecule has 4 N–H and O–H groups in total. The van der Waals surface area contributed by atoms with Crippen molar-refractivity contribution in [3.05, 3.63) is 65.7 Å². The SMILES string of the molecule is Cl.NC(CNC(=O)c1cccc(N2CCCNC2=O)c1)c1ccccc1. The van der Waals surface area contributed by atoms with E-state index >= 15 is 0 Å². The Morgan fingerprint density at radius 1 is 1.19 bits per heavy atom. The molecule has 2 aromatic rings. The molecule has 0 radical (unpaired) electrons. The lowest BCUT2D eigenvalue weighted by Crippen LogP contribution is -2.46. The molecular weight excluding hydrogens is 352 g/mol. The van der Waals surface area contributed by atoms with Gasteiger partial charge in [0.15, 0.2) is 0 Å². The van der Waals surface area contributed by atoms with Crippen LogP contribution in [-0.2, 0) is 0 Å². The summed E-state index contributed by atoms with van der Waals surface area (Å²) in [4.78, 5) is 26.0. The van der Waals surface area contributed by atoms with Gasteiger partial charge in [-0.2, -0.15) is 0 Å². The first-order chi connectivity index (χ1) is 12.1. The second kappa shape index (κ2) is 9.22. The average molecular weight is 375 g/mol. The van der Waals surface area contributed by atoms with E-state index < -0.39 is 0 Å². The molecule has 1 heterocycles. The summed E-state index contributed by atoms with van der Waals surface area (Å²) in [6, 6.07) is 16.3. The first-order valence-corrected chi connectivity index (χ1v) is 8.39.